The highest BCUT2D eigenvalue weighted by Crippen LogP contribution is 2.38. The number of benzene rings is 3. The van der Waals surface area contributed by atoms with E-state index in [1.54, 1.807) is 30.3 Å². The average molecular weight is 537 g/mol. The highest BCUT2D eigenvalue weighted by atomic mass is 35.5. The lowest BCUT2D eigenvalue weighted by Crippen LogP contribution is -2.43. The minimum absolute atomic E-state index is 0.0102. The first-order valence-electron chi connectivity index (χ1n) is 12.5. The topological polar surface area (TPSA) is 83.6 Å². The van der Waals surface area contributed by atoms with Crippen molar-refractivity contribution in [1.29, 1.82) is 0 Å². The molecule has 3 atom stereocenters. The van der Waals surface area contributed by atoms with Gasteiger partial charge in [-0.05, 0) is 66.3 Å². The quantitative estimate of drug-likeness (QED) is 0.451. The molecule has 1 saturated carbocycles. The number of nitrogens with one attached hydrogen (secondary N) is 1. The third-order valence-corrected chi connectivity index (χ3v) is 9.80. The Hall–Kier alpha value is -3.16. The maximum Gasteiger partial charge on any atom is 0.259 e. The summed E-state index contributed by atoms with van der Waals surface area (Å²) < 4.78 is 27.4. The zero-order chi connectivity index (χ0) is 26.3. The van der Waals surface area contributed by atoms with Gasteiger partial charge < -0.3 is 10.2 Å². The van der Waals surface area contributed by atoms with Crippen LogP contribution in [0.1, 0.15) is 59.4 Å². The Morgan fingerprint density at radius 2 is 1.78 bits per heavy atom. The Kier molecular flexibility index (Phi) is 6.86. The minimum atomic E-state index is -4.01. The van der Waals surface area contributed by atoms with E-state index in [9.17, 15) is 18.0 Å². The first-order valence-corrected chi connectivity index (χ1v) is 14.4. The molecule has 1 N–H and O–H groups in total. The summed E-state index contributed by atoms with van der Waals surface area (Å²) in [5, 5.41) is 3.66. The Bertz CT molecular complexity index is 1490. The van der Waals surface area contributed by atoms with Crippen LogP contribution in [0, 0.1) is 11.8 Å². The fraction of sp³-hybridized carbons (Fsp3) is 0.310. The van der Waals surface area contributed by atoms with E-state index in [0.29, 0.717) is 22.4 Å². The molecule has 0 unspecified atom stereocenters. The van der Waals surface area contributed by atoms with Gasteiger partial charge in [0, 0.05) is 16.6 Å². The van der Waals surface area contributed by atoms with Crippen molar-refractivity contribution in [3.05, 3.63) is 88.4 Å². The van der Waals surface area contributed by atoms with Gasteiger partial charge in [-0.2, -0.15) is 0 Å². The van der Waals surface area contributed by atoms with Crippen molar-refractivity contribution in [3.8, 4) is 0 Å². The predicted octanol–water partition coefficient (Wildman–Crippen LogP) is 5.89. The van der Waals surface area contributed by atoms with E-state index in [1.165, 1.54) is 35.2 Å². The predicted molar refractivity (Wildman–Crippen MR) is 144 cm³/mol. The normalized spacial score (nSPS) is 22.5. The first-order chi connectivity index (χ1) is 17.7. The van der Waals surface area contributed by atoms with Gasteiger partial charge in [0.15, 0.2) is 0 Å². The zero-order valence-corrected chi connectivity index (χ0v) is 22.4. The van der Waals surface area contributed by atoms with Gasteiger partial charge in [-0.25, -0.2) is 8.42 Å². The van der Waals surface area contributed by atoms with Crippen LogP contribution >= 0.6 is 11.6 Å². The third-order valence-electron chi connectivity index (χ3n) is 7.71. The number of anilines is 1. The highest BCUT2D eigenvalue weighted by molar-refractivity contribution is 7.91. The fourth-order valence-electron chi connectivity index (χ4n) is 5.36. The third kappa shape index (κ3) is 4.78. The Balaban J connectivity index is 1.60. The number of hydrogen-bond acceptors (Lipinski definition) is 4. The summed E-state index contributed by atoms with van der Waals surface area (Å²) in [7, 11) is -4.01. The average Bonchev–Trinajstić information content (AvgIpc) is 2.95. The second-order valence-electron chi connectivity index (χ2n) is 10.1. The summed E-state index contributed by atoms with van der Waals surface area (Å²) in [6.45, 7) is 4.45. The summed E-state index contributed by atoms with van der Waals surface area (Å²) in [4.78, 5) is 28.5. The number of nitrogens with zero attached hydrogens (tertiary/aromatic N) is 1. The molecule has 5 rings (SSSR count). The molecule has 1 heterocycles. The smallest absolute Gasteiger partial charge is 0.259 e. The fourth-order valence-corrected chi connectivity index (χ4v) is 7.20. The molecule has 37 heavy (non-hydrogen) atoms. The largest absolute Gasteiger partial charge is 0.349 e. The van der Waals surface area contributed by atoms with Crippen molar-refractivity contribution in [1.82, 2.24) is 5.32 Å². The molecular weight excluding hydrogens is 508 g/mol. The highest BCUT2D eigenvalue weighted by Gasteiger charge is 2.36. The van der Waals surface area contributed by atoms with E-state index in [1.807, 2.05) is 6.07 Å². The molecule has 8 heteroatoms. The lowest BCUT2D eigenvalue weighted by atomic mass is 9.78. The van der Waals surface area contributed by atoms with Crippen LogP contribution in [-0.4, -0.2) is 26.3 Å². The lowest BCUT2D eigenvalue weighted by molar-refractivity contribution is 0.0889. The van der Waals surface area contributed by atoms with E-state index in [2.05, 4.69) is 19.2 Å². The van der Waals surface area contributed by atoms with Crippen LogP contribution in [0.5, 0.6) is 0 Å². The molecule has 0 radical (unpaired) electrons. The molecule has 0 aromatic heterocycles. The standard InChI is InChI=1S/C29H29ClN2O4S/c1-18-7-5-11-24(19(18)2)31-28(33)21-13-14-27-25(16-21)32(17-20-8-6-9-22(30)15-20)29(34)23-10-3-4-12-26(23)37(27,35)36/h3-4,6,8-10,12-16,18-19,24H,5,7,11,17H2,1-2H3,(H,31,33)/t18-,19+,24-/m1/s1. The Morgan fingerprint density at radius 3 is 2.57 bits per heavy atom. The zero-order valence-electron chi connectivity index (χ0n) is 20.8. The molecular formula is C29H29ClN2O4S. The van der Waals surface area contributed by atoms with Gasteiger partial charge in [0.05, 0.1) is 27.6 Å². The number of sulfone groups is 1. The number of hydrogen-bond donors (Lipinski definition) is 1. The molecule has 3 aromatic carbocycles. The maximum atomic E-state index is 13.8. The Morgan fingerprint density at radius 1 is 1.00 bits per heavy atom. The number of rotatable bonds is 4. The molecule has 1 aliphatic heterocycles. The van der Waals surface area contributed by atoms with E-state index >= 15 is 0 Å². The number of halogens is 1. The summed E-state index contributed by atoms with van der Waals surface area (Å²) in [6.07, 6.45) is 3.11. The van der Waals surface area contributed by atoms with Crippen LogP contribution in [0.25, 0.3) is 0 Å². The molecule has 0 spiro atoms. The van der Waals surface area contributed by atoms with Crippen LogP contribution in [0.2, 0.25) is 5.02 Å². The van der Waals surface area contributed by atoms with Gasteiger partial charge >= 0.3 is 0 Å². The van der Waals surface area contributed by atoms with E-state index < -0.39 is 15.7 Å². The molecule has 2 aliphatic rings. The van der Waals surface area contributed by atoms with Crippen molar-refractivity contribution in [3.63, 3.8) is 0 Å². The second-order valence-corrected chi connectivity index (χ2v) is 12.4. The number of carbonyl (C=O) groups is 2. The number of carbonyl (C=O) groups excluding carboxylic acids is 2. The molecule has 2 amide bonds. The first kappa shape index (κ1) is 25.5. The molecule has 3 aromatic rings. The monoisotopic (exact) mass is 536 g/mol. The van der Waals surface area contributed by atoms with Crippen molar-refractivity contribution < 1.29 is 18.0 Å². The summed E-state index contributed by atoms with van der Waals surface area (Å²) >= 11 is 6.19. The minimum Gasteiger partial charge on any atom is -0.349 e. The number of amides is 2. The summed E-state index contributed by atoms with van der Waals surface area (Å²) in [5.74, 6) is 0.128. The van der Waals surface area contributed by atoms with Gasteiger partial charge in [-0.3, -0.25) is 9.59 Å². The van der Waals surface area contributed by atoms with Gasteiger partial charge in [-0.15, -0.1) is 0 Å². The molecule has 192 valence electrons. The summed E-state index contributed by atoms with van der Waals surface area (Å²) in [6, 6.07) is 17.8. The van der Waals surface area contributed by atoms with E-state index in [-0.39, 0.29) is 39.5 Å². The van der Waals surface area contributed by atoms with Gasteiger partial charge in [-0.1, -0.05) is 62.6 Å². The van der Waals surface area contributed by atoms with Crippen LogP contribution < -0.4 is 10.2 Å². The molecule has 0 bridgehead atoms. The summed E-state index contributed by atoms with van der Waals surface area (Å²) in [5.41, 5.74) is 1.33. The van der Waals surface area contributed by atoms with Crippen LogP contribution in [0.4, 0.5) is 5.69 Å². The van der Waals surface area contributed by atoms with Crippen molar-refractivity contribution >= 4 is 38.9 Å². The molecule has 0 saturated heterocycles. The van der Waals surface area contributed by atoms with Crippen molar-refractivity contribution in [2.75, 3.05) is 4.90 Å². The molecule has 1 fully saturated rings. The molecule has 1 aliphatic carbocycles. The SMILES string of the molecule is C[C@H]1[C@H](C)CCC[C@H]1NC(=O)c1ccc2c(c1)N(Cc1cccc(Cl)c1)C(=O)c1ccccc1S2(=O)=O. The van der Waals surface area contributed by atoms with Gasteiger partial charge in [0.1, 0.15) is 0 Å². The Labute approximate surface area is 222 Å². The van der Waals surface area contributed by atoms with E-state index in [0.717, 1.165) is 24.8 Å². The van der Waals surface area contributed by atoms with E-state index in [4.69, 9.17) is 11.6 Å². The second kappa shape index (κ2) is 9.95. The maximum absolute atomic E-state index is 13.8. The van der Waals surface area contributed by atoms with Gasteiger partial charge in [0.25, 0.3) is 11.8 Å². The van der Waals surface area contributed by atoms with Gasteiger partial charge in [0.2, 0.25) is 9.84 Å². The lowest BCUT2D eigenvalue weighted by Gasteiger charge is -2.34. The van der Waals surface area contributed by atoms with Crippen molar-refractivity contribution in [2.45, 2.75) is 55.5 Å². The van der Waals surface area contributed by atoms with Crippen LogP contribution in [0.15, 0.2) is 76.5 Å². The van der Waals surface area contributed by atoms with Crippen LogP contribution in [-0.2, 0) is 16.4 Å². The molecule has 6 nitrogen and oxygen atoms in total. The van der Waals surface area contributed by atoms with Crippen LogP contribution in [0.3, 0.4) is 0 Å². The van der Waals surface area contributed by atoms with Crippen molar-refractivity contribution in [2.24, 2.45) is 11.8 Å². The number of fused-ring (bicyclic) bond motifs is 2.